The van der Waals surface area contributed by atoms with Crippen molar-refractivity contribution in [3.8, 4) is 5.75 Å². The molecule has 11 atom stereocenters. The van der Waals surface area contributed by atoms with Gasteiger partial charge >= 0.3 is 5.97 Å². The number of amides is 11. The third-order valence-corrected chi connectivity index (χ3v) is 13.2. The van der Waals surface area contributed by atoms with Crippen LogP contribution >= 0.6 is 0 Å². The molecule has 1 aliphatic heterocycles. The summed E-state index contributed by atoms with van der Waals surface area (Å²) in [7, 11) is 0. The standard InChI is InChI=1S/C54H72N12O16/c1-28(67)44(64-50(77)38(27-43(58)72)61-48(75)36(24-30-10-5-3-6-11-30)60-47(74)35(20-22-42(57)71)59-46(73)34(55)19-21-41(56)70)52(79)63-39(26-32-15-17-33(69)18-16-32)53(80)66-23-9-14-40(66)51(78)62-37(25-31-12-7-4-8-13-31)49(76)65-45(29(2)68)54(81)82/h3-8,10-13,15-18,28-29,34-40,44-45,67-69H,9,14,19-27,55H2,1-2H3,(H2,56,70)(H2,57,71)(H2,58,72)(H,59,73)(H,60,74)(H,61,75)(H,62,78)(H,63,79)(H,64,77)(H,65,76)(H,81,82)/t28-,29-,34+,35+,36+,37+,38+,39+,40+,44+,45+/m1/s1. The number of aliphatic carboxylic acids is 1. The van der Waals surface area contributed by atoms with E-state index >= 15 is 0 Å². The summed E-state index contributed by atoms with van der Waals surface area (Å²) in [6.07, 6.45) is -5.83. The molecule has 3 aromatic carbocycles. The number of carboxylic acids is 1. The minimum absolute atomic E-state index is 0.0381. The third kappa shape index (κ3) is 20.9. The Morgan fingerprint density at radius 1 is 0.524 bits per heavy atom. The van der Waals surface area contributed by atoms with Crippen molar-refractivity contribution >= 4 is 70.9 Å². The third-order valence-electron chi connectivity index (χ3n) is 13.2. The number of carbonyl (C=O) groups excluding carboxylic acids is 11. The van der Waals surface area contributed by atoms with Crippen molar-refractivity contribution in [2.24, 2.45) is 22.9 Å². The monoisotopic (exact) mass is 1140 g/mol. The number of benzene rings is 3. The summed E-state index contributed by atoms with van der Waals surface area (Å²) in [5, 5.41) is 57.6. The van der Waals surface area contributed by atoms with Crippen LogP contribution < -0.4 is 60.2 Å². The molecule has 11 amide bonds. The van der Waals surface area contributed by atoms with Crippen molar-refractivity contribution in [1.29, 1.82) is 0 Å². The van der Waals surface area contributed by atoms with Crippen molar-refractivity contribution in [2.75, 3.05) is 6.54 Å². The second kappa shape index (κ2) is 31.7. The van der Waals surface area contributed by atoms with E-state index < -0.39 is 150 Å². The Labute approximate surface area is 471 Å². The van der Waals surface area contributed by atoms with E-state index in [-0.39, 0.29) is 63.7 Å². The van der Waals surface area contributed by atoms with Crippen molar-refractivity contribution in [2.45, 2.75) is 145 Å². The molecule has 0 saturated carbocycles. The van der Waals surface area contributed by atoms with E-state index in [4.69, 9.17) is 22.9 Å². The maximum atomic E-state index is 14.7. The number of hydrogen-bond acceptors (Lipinski definition) is 16. The number of aliphatic hydroxyl groups is 2. The van der Waals surface area contributed by atoms with Crippen LogP contribution in [0.3, 0.4) is 0 Å². The highest BCUT2D eigenvalue weighted by Crippen LogP contribution is 2.22. The zero-order valence-corrected chi connectivity index (χ0v) is 45.2. The number of hydrogen-bond donors (Lipinski definition) is 15. The number of aromatic hydroxyl groups is 1. The van der Waals surface area contributed by atoms with Gasteiger partial charge in [-0.25, -0.2) is 4.79 Å². The molecule has 28 heteroatoms. The molecule has 1 saturated heterocycles. The SMILES string of the molecule is C[C@@H](O)[C@H](NC(=O)[C@H](Cc1ccccc1)NC(=O)[C@@H]1CCCN1C(=O)[C@H](Cc1ccc(O)cc1)NC(=O)[C@@H](NC(=O)[C@H](CC(N)=O)NC(=O)[C@H](Cc1ccccc1)NC(=O)[C@H](CCC(N)=O)NC(=O)[C@@H](N)CCC(N)=O)[C@@H](C)O)C(=O)O. The highest BCUT2D eigenvalue weighted by Gasteiger charge is 2.41. The molecular weight excluding hydrogens is 1070 g/mol. The van der Waals surface area contributed by atoms with Gasteiger partial charge in [0.1, 0.15) is 48.0 Å². The van der Waals surface area contributed by atoms with E-state index in [0.29, 0.717) is 16.7 Å². The number of nitrogens with zero attached hydrogens (tertiary/aromatic N) is 1. The van der Waals surface area contributed by atoms with Crippen LogP contribution in [0.5, 0.6) is 5.75 Å². The van der Waals surface area contributed by atoms with E-state index in [1.807, 2.05) is 0 Å². The highest BCUT2D eigenvalue weighted by molar-refractivity contribution is 5.99. The summed E-state index contributed by atoms with van der Waals surface area (Å²) in [5.41, 5.74) is 23.3. The van der Waals surface area contributed by atoms with Crippen LogP contribution in [-0.2, 0) is 76.8 Å². The van der Waals surface area contributed by atoms with Gasteiger partial charge in [-0.15, -0.1) is 0 Å². The van der Waals surface area contributed by atoms with Crippen LogP contribution in [0, 0.1) is 0 Å². The van der Waals surface area contributed by atoms with Crippen LogP contribution in [0.4, 0.5) is 0 Å². The molecule has 0 radical (unpaired) electrons. The first-order valence-corrected chi connectivity index (χ1v) is 26.2. The summed E-state index contributed by atoms with van der Waals surface area (Å²) in [4.78, 5) is 161. The molecule has 0 unspecified atom stereocenters. The van der Waals surface area contributed by atoms with Crippen LogP contribution in [0.15, 0.2) is 84.9 Å². The molecule has 82 heavy (non-hydrogen) atoms. The topological polar surface area (TPSA) is 477 Å². The Bertz CT molecular complexity index is 2750. The van der Waals surface area contributed by atoms with Gasteiger partial charge in [-0.1, -0.05) is 72.8 Å². The molecule has 3 aromatic rings. The molecule has 1 fully saturated rings. The predicted molar refractivity (Wildman–Crippen MR) is 290 cm³/mol. The van der Waals surface area contributed by atoms with E-state index in [1.165, 1.54) is 24.3 Å². The summed E-state index contributed by atoms with van der Waals surface area (Å²) in [6.45, 7) is 2.23. The Morgan fingerprint density at radius 2 is 0.963 bits per heavy atom. The van der Waals surface area contributed by atoms with Crippen molar-refractivity contribution in [3.05, 3.63) is 102 Å². The maximum absolute atomic E-state index is 14.7. The van der Waals surface area contributed by atoms with E-state index in [9.17, 15) is 78.0 Å². The Hall–Kier alpha value is -9.02. The zero-order valence-electron chi connectivity index (χ0n) is 45.2. The van der Waals surface area contributed by atoms with Gasteiger partial charge in [0, 0.05) is 38.6 Å². The Balaban J connectivity index is 1.61. The Morgan fingerprint density at radius 3 is 1.49 bits per heavy atom. The lowest BCUT2D eigenvalue weighted by Crippen LogP contribution is -2.62. The molecule has 0 aromatic heterocycles. The number of rotatable bonds is 32. The molecule has 1 heterocycles. The van der Waals surface area contributed by atoms with Gasteiger partial charge in [0.2, 0.25) is 65.0 Å². The van der Waals surface area contributed by atoms with Gasteiger partial charge in [0.05, 0.1) is 24.7 Å². The predicted octanol–water partition coefficient (Wildman–Crippen LogP) is -4.62. The zero-order chi connectivity index (χ0) is 60.8. The highest BCUT2D eigenvalue weighted by atomic mass is 16.4. The van der Waals surface area contributed by atoms with Crippen molar-refractivity contribution in [3.63, 3.8) is 0 Å². The number of phenols is 1. The second-order valence-corrected chi connectivity index (χ2v) is 19.8. The molecule has 0 bridgehead atoms. The molecular formula is C54H72N12O16. The van der Waals surface area contributed by atoms with E-state index in [2.05, 4.69) is 37.2 Å². The van der Waals surface area contributed by atoms with Crippen LogP contribution in [0.25, 0.3) is 0 Å². The molecule has 28 nitrogen and oxygen atoms in total. The fourth-order valence-electron chi connectivity index (χ4n) is 8.74. The molecule has 444 valence electrons. The lowest BCUT2D eigenvalue weighted by molar-refractivity contribution is -0.145. The quantitative estimate of drug-likeness (QED) is 0.0280. The first-order valence-electron chi connectivity index (χ1n) is 26.2. The largest absolute Gasteiger partial charge is 0.508 e. The number of carboxylic acid groups (broad SMARTS) is 1. The molecule has 1 aliphatic rings. The molecule has 0 spiro atoms. The lowest BCUT2D eigenvalue weighted by Gasteiger charge is -2.31. The van der Waals surface area contributed by atoms with E-state index in [1.54, 1.807) is 60.7 Å². The maximum Gasteiger partial charge on any atom is 0.328 e. The summed E-state index contributed by atoms with van der Waals surface area (Å²) in [6, 6.07) is 7.72. The van der Waals surface area contributed by atoms with Crippen molar-refractivity contribution in [1.82, 2.24) is 42.1 Å². The molecule has 0 aliphatic carbocycles. The van der Waals surface area contributed by atoms with Gasteiger partial charge in [-0.3, -0.25) is 52.7 Å². The summed E-state index contributed by atoms with van der Waals surface area (Å²) < 4.78 is 0. The first-order chi connectivity index (χ1) is 38.7. The van der Waals surface area contributed by atoms with Crippen LogP contribution in [0.1, 0.15) is 75.5 Å². The fraction of sp³-hybridized carbons (Fsp3) is 0.444. The second-order valence-electron chi connectivity index (χ2n) is 19.8. The number of phenolic OH excluding ortho intramolecular Hbond substituents is 1. The lowest BCUT2D eigenvalue weighted by atomic mass is 10.0. The minimum Gasteiger partial charge on any atom is -0.508 e. The smallest absolute Gasteiger partial charge is 0.328 e. The fourth-order valence-corrected chi connectivity index (χ4v) is 8.74. The van der Waals surface area contributed by atoms with Gasteiger partial charge < -0.3 is 85.5 Å². The normalized spacial score (nSPS) is 16.5. The van der Waals surface area contributed by atoms with Gasteiger partial charge in [-0.05, 0) is 68.4 Å². The summed E-state index contributed by atoms with van der Waals surface area (Å²) in [5.74, 6) is -12.5. The average molecular weight is 1150 g/mol. The van der Waals surface area contributed by atoms with Gasteiger partial charge in [-0.2, -0.15) is 0 Å². The van der Waals surface area contributed by atoms with Crippen LogP contribution in [0.2, 0.25) is 0 Å². The number of primary amides is 3. The first kappa shape index (κ1) is 65.5. The number of likely N-dealkylation sites (tertiary alicyclic amines) is 1. The number of carbonyl (C=O) groups is 12. The van der Waals surface area contributed by atoms with Gasteiger partial charge in [0.15, 0.2) is 6.04 Å². The number of nitrogens with two attached hydrogens (primary N) is 4. The minimum atomic E-state index is -1.94. The van der Waals surface area contributed by atoms with E-state index in [0.717, 1.165) is 18.7 Å². The summed E-state index contributed by atoms with van der Waals surface area (Å²) >= 11 is 0. The van der Waals surface area contributed by atoms with Crippen molar-refractivity contribution < 1.29 is 78.0 Å². The number of aliphatic hydroxyl groups excluding tert-OH is 2. The molecule has 4 rings (SSSR count). The molecule has 19 N–H and O–H groups in total. The van der Waals surface area contributed by atoms with Gasteiger partial charge in [0.25, 0.3) is 0 Å². The average Bonchev–Trinajstić information content (AvgIpc) is 4.07. The Kier molecular flexibility index (Phi) is 25.3. The van der Waals surface area contributed by atoms with Crippen LogP contribution in [-0.4, -0.2) is 169 Å². The number of nitrogens with one attached hydrogen (secondary N) is 7.